The van der Waals surface area contributed by atoms with Crippen molar-refractivity contribution < 1.29 is 9.53 Å². The van der Waals surface area contributed by atoms with Crippen molar-refractivity contribution in [3.63, 3.8) is 0 Å². The van der Waals surface area contributed by atoms with E-state index in [0.717, 1.165) is 46.0 Å². The third kappa shape index (κ3) is 6.01. The summed E-state index contributed by atoms with van der Waals surface area (Å²) in [7, 11) is 0. The first-order valence-corrected chi connectivity index (χ1v) is 14.1. The average molecular weight is 540 g/mol. The maximum absolute atomic E-state index is 13.8. The highest BCUT2D eigenvalue weighted by Gasteiger charge is 2.34. The van der Waals surface area contributed by atoms with Gasteiger partial charge in [-0.25, -0.2) is 4.68 Å². The third-order valence-corrected chi connectivity index (χ3v) is 7.65. The van der Waals surface area contributed by atoms with Crippen LogP contribution in [0.4, 0.5) is 11.6 Å². The number of aromatic nitrogens is 3. The Balaban J connectivity index is 1.50. The van der Waals surface area contributed by atoms with E-state index in [9.17, 15) is 4.79 Å². The molecule has 0 bridgehead atoms. The number of hydrogen-bond acceptors (Lipinski definition) is 6. The Morgan fingerprint density at radius 1 is 1.05 bits per heavy atom. The molecular weight excluding hydrogens is 506 g/mol. The number of ether oxygens (including phenoxy) is 1. The summed E-state index contributed by atoms with van der Waals surface area (Å²) in [5, 5.41) is 11.9. The summed E-state index contributed by atoms with van der Waals surface area (Å²) < 4.78 is 7.98. The van der Waals surface area contributed by atoms with Crippen LogP contribution < -0.4 is 15.4 Å². The van der Waals surface area contributed by atoms with Crippen molar-refractivity contribution in [2.75, 3.05) is 16.4 Å². The van der Waals surface area contributed by atoms with E-state index in [1.807, 2.05) is 67.1 Å². The molecule has 1 unspecified atom stereocenters. The minimum atomic E-state index is -0.475. The highest BCUT2D eigenvalue weighted by Crippen LogP contribution is 2.38. The van der Waals surface area contributed by atoms with E-state index in [4.69, 9.17) is 14.8 Å². The average Bonchev–Trinajstić information content (AvgIpc) is 3.34. The Morgan fingerprint density at radius 3 is 2.62 bits per heavy atom. The summed E-state index contributed by atoms with van der Waals surface area (Å²) in [6.45, 7) is 8.55. The fraction of sp³-hybridized carbons (Fsp3) is 0.258. The molecule has 4 aromatic rings. The number of amides is 1. The van der Waals surface area contributed by atoms with Gasteiger partial charge in [-0.2, -0.15) is 4.98 Å². The number of nitrogens with zero attached hydrogens (tertiary/aromatic N) is 3. The van der Waals surface area contributed by atoms with Crippen LogP contribution in [-0.4, -0.2) is 26.4 Å². The number of thioether (sulfide) groups is 1. The quantitative estimate of drug-likeness (QED) is 0.225. The van der Waals surface area contributed by atoms with Crippen LogP contribution in [0, 0.1) is 13.8 Å². The fourth-order valence-corrected chi connectivity index (χ4v) is 5.20. The van der Waals surface area contributed by atoms with E-state index in [1.54, 1.807) is 11.8 Å². The van der Waals surface area contributed by atoms with E-state index in [2.05, 4.69) is 48.7 Å². The molecule has 0 fully saturated rings. The molecule has 1 aliphatic heterocycles. The number of hydrogen-bond donors (Lipinski definition) is 2. The van der Waals surface area contributed by atoms with Crippen molar-refractivity contribution in [2.24, 2.45) is 0 Å². The topological polar surface area (TPSA) is 81.1 Å². The summed E-state index contributed by atoms with van der Waals surface area (Å²) in [5.74, 6) is 2.08. The van der Waals surface area contributed by atoms with Crippen molar-refractivity contribution in [3.05, 3.63) is 106 Å². The first kappa shape index (κ1) is 26.6. The Morgan fingerprint density at radius 2 is 1.85 bits per heavy atom. The lowest BCUT2D eigenvalue weighted by Crippen LogP contribution is -2.31. The van der Waals surface area contributed by atoms with Crippen LogP contribution in [0.5, 0.6) is 5.75 Å². The molecule has 0 radical (unpaired) electrons. The van der Waals surface area contributed by atoms with Gasteiger partial charge in [-0.3, -0.25) is 4.79 Å². The van der Waals surface area contributed by atoms with Crippen molar-refractivity contribution in [3.8, 4) is 5.75 Å². The van der Waals surface area contributed by atoms with Gasteiger partial charge in [-0.05, 0) is 62.1 Å². The maximum Gasteiger partial charge on any atom is 0.255 e. The van der Waals surface area contributed by atoms with Gasteiger partial charge in [0.15, 0.2) is 0 Å². The van der Waals surface area contributed by atoms with Gasteiger partial charge < -0.3 is 15.4 Å². The van der Waals surface area contributed by atoms with Crippen molar-refractivity contribution in [2.45, 2.75) is 51.9 Å². The first-order valence-electron chi connectivity index (χ1n) is 13.2. The molecule has 7 nitrogen and oxygen atoms in total. The first-order chi connectivity index (χ1) is 18.9. The molecule has 0 aliphatic carbocycles. The second-order valence-electron chi connectivity index (χ2n) is 9.69. The zero-order valence-electron chi connectivity index (χ0n) is 22.7. The molecule has 200 valence electrons. The van der Waals surface area contributed by atoms with E-state index >= 15 is 0 Å². The normalized spacial score (nSPS) is 14.5. The van der Waals surface area contributed by atoms with Crippen molar-refractivity contribution >= 4 is 29.3 Å². The predicted molar refractivity (Wildman–Crippen MR) is 157 cm³/mol. The van der Waals surface area contributed by atoms with Crippen molar-refractivity contribution in [1.82, 2.24) is 14.8 Å². The van der Waals surface area contributed by atoms with Gasteiger partial charge in [0, 0.05) is 17.1 Å². The Hall–Kier alpha value is -4.04. The molecule has 1 atom stereocenters. The SMILES string of the molecule is CCCSc1nc2n(n1)C(c1cccc(OCc3ccc(C)cc3)c1)C(C(=O)Nc1ccccc1C)=C(C)N2. The van der Waals surface area contributed by atoms with E-state index in [1.165, 1.54) is 5.56 Å². The van der Waals surface area contributed by atoms with E-state index in [-0.39, 0.29) is 5.91 Å². The van der Waals surface area contributed by atoms with Gasteiger partial charge in [-0.15, -0.1) is 5.10 Å². The summed E-state index contributed by atoms with van der Waals surface area (Å²) in [6.07, 6.45) is 1.02. The summed E-state index contributed by atoms with van der Waals surface area (Å²) in [5.41, 5.74) is 6.30. The lowest BCUT2D eigenvalue weighted by molar-refractivity contribution is -0.113. The van der Waals surface area contributed by atoms with Gasteiger partial charge >= 0.3 is 0 Å². The summed E-state index contributed by atoms with van der Waals surface area (Å²) in [6, 6.07) is 23.5. The van der Waals surface area contributed by atoms with Gasteiger partial charge in [0.25, 0.3) is 5.91 Å². The largest absolute Gasteiger partial charge is 0.489 e. The highest BCUT2D eigenvalue weighted by molar-refractivity contribution is 7.99. The molecule has 8 heteroatoms. The van der Waals surface area contributed by atoms with Gasteiger partial charge in [0.05, 0.1) is 5.57 Å². The molecule has 1 aliphatic rings. The minimum absolute atomic E-state index is 0.186. The lowest BCUT2D eigenvalue weighted by atomic mass is 9.94. The number of aryl methyl sites for hydroxylation is 2. The molecule has 39 heavy (non-hydrogen) atoms. The van der Waals surface area contributed by atoms with Gasteiger partial charge in [-0.1, -0.05) is 78.8 Å². The van der Waals surface area contributed by atoms with E-state index in [0.29, 0.717) is 23.3 Å². The molecule has 0 saturated carbocycles. The predicted octanol–water partition coefficient (Wildman–Crippen LogP) is 6.90. The number of nitrogens with one attached hydrogen (secondary N) is 2. The lowest BCUT2D eigenvalue weighted by Gasteiger charge is -2.29. The molecule has 5 rings (SSSR count). The zero-order chi connectivity index (χ0) is 27.4. The van der Waals surface area contributed by atoms with Crippen molar-refractivity contribution in [1.29, 1.82) is 0 Å². The monoisotopic (exact) mass is 539 g/mol. The van der Waals surface area contributed by atoms with Gasteiger partial charge in [0.1, 0.15) is 18.4 Å². The number of carbonyl (C=O) groups excluding carboxylic acids is 1. The number of fused-ring (bicyclic) bond motifs is 1. The molecule has 1 aromatic heterocycles. The number of anilines is 2. The molecule has 0 spiro atoms. The summed E-state index contributed by atoms with van der Waals surface area (Å²) >= 11 is 1.61. The Labute approximate surface area is 233 Å². The van der Waals surface area contributed by atoms with E-state index < -0.39 is 6.04 Å². The number of para-hydroxylation sites is 1. The van der Waals surface area contributed by atoms with Crippen LogP contribution in [-0.2, 0) is 11.4 Å². The molecule has 2 heterocycles. The van der Waals surface area contributed by atoms with Crippen LogP contribution in [0.1, 0.15) is 48.6 Å². The third-order valence-electron chi connectivity index (χ3n) is 6.61. The number of allylic oxidation sites excluding steroid dienone is 1. The fourth-order valence-electron chi connectivity index (χ4n) is 4.52. The molecule has 1 amide bonds. The number of carbonyl (C=O) groups is 1. The minimum Gasteiger partial charge on any atom is -0.489 e. The molecule has 0 saturated heterocycles. The van der Waals surface area contributed by atoms with Crippen LogP contribution in [0.15, 0.2) is 89.2 Å². The van der Waals surface area contributed by atoms with Crippen LogP contribution >= 0.6 is 11.8 Å². The second-order valence-corrected chi connectivity index (χ2v) is 10.8. The Bertz CT molecular complexity index is 1510. The molecular formula is C31H33N5O2S. The van der Waals surface area contributed by atoms with Crippen LogP contribution in [0.3, 0.4) is 0 Å². The molecule has 3 aromatic carbocycles. The van der Waals surface area contributed by atoms with Crippen LogP contribution in [0.2, 0.25) is 0 Å². The molecule has 2 N–H and O–H groups in total. The highest BCUT2D eigenvalue weighted by atomic mass is 32.2. The second kappa shape index (κ2) is 11.8. The summed E-state index contributed by atoms with van der Waals surface area (Å²) in [4.78, 5) is 18.5. The van der Waals surface area contributed by atoms with Crippen LogP contribution in [0.25, 0.3) is 0 Å². The smallest absolute Gasteiger partial charge is 0.255 e. The standard InChI is InChI=1S/C31H33N5O2S/c1-5-17-39-31-34-30-32-22(4)27(29(37)33-26-12-7-6-9-21(26)3)28(36(30)35-31)24-10-8-11-25(18-24)38-19-23-15-13-20(2)14-16-23/h6-16,18,28H,5,17,19H2,1-4H3,(H,33,37)(H,32,34,35). The Kier molecular flexibility index (Phi) is 8.02. The number of benzene rings is 3. The zero-order valence-corrected chi connectivity index (χ0v) is 23.5. The maximum atomic E-state index is 13.8. The van der Waals surface area contributed by atoms with Gasteiger partial charge in [0.2, 0.25) is 11.1 Å². The number of rotatable bonds is 9.